The Hall–Kier alpha value is -1.32. The molecular formula is C12H19N3O. The smallest absolute Gasteiger partial charge is 0.223 e. The Kier molecular flexibility index (Phi) is 2.99. The van der Waals surface area contributed by atoms with Crippen molar-refractivity contribution in [2.24, 2.45) is 5.92 Å². The molecule has 1 N–H and O–H groups in total. The number of hydrogen-bond acceptors (Lipinski definition) is 2. The maximum atomic E-state index is 11.9. The lowest BCUT2D eigenvalue weighted by atomic mass is 10.0. The molecule has 4 nitrogen and oxygen atoms in total. The van der Waals surface area contributed by atoms with Gasteiger partial charge in [0, 0.05) is 18.7 Å². The molecule has 0 atom stereocenters. The van der Waals surface area contributed by atoms with Crippen molar-refractivity contribution in [3.8, 4) is 0 Å². The Morgan fingerprint density at radius 1 is 1.56 bits per heavy atom. The van der Waals surface area contributed by atoms with Crippen LogP contribution in [0.4, 0.5) is 0 Å². The van der Waals surface area contributed by atoms with E-state index in [1.54, 1.807) is 0 Å². The Morgan fingerprint density at radius 3 is 3.00 bits per heavy atom. The van der Waals surface area contributed by atoms with E-state index in [2.05, 4.69) is 24.0 Å². The van der Waals surface area contributed by atoms with Crippen LogP contribution in [0.5, 0.6) is 0 Å². The molecule has 2 rings (SSSR count). The minimum Gasteiger partial charge on any atom is -0.336 e. The van der Waals surface area contributed by atoms with Crippen molar-refractivity contribution in [3.05, 3.63) is 17.0 Å². The van der Waals surface area contributed by atoms with Crippen LogP contribution in [0.1, 0.15) is 37.2 Å². The zero-order valence-electron chi connectivity index (χ0n) is 10.2. The fourth-order valence-corrected chi connectivity index (χ4v) is 2.16. The maximum Gasteiger partial charge on any atom is 0.223 e. The Balaban J connectivity index is 2.05. The second-order valence-electron chi connectivity index (χ2n) is 4.94. The summed E-state index contributed by atoms with van der Waals surface area (Å²) in [6.07, 6.45) is 1.57. The zero-order valence-corrected chi connectivity index (χ0v) is 10.2. The highest BCUT2D eigenvalue weighted by Crippen LogP contribution is 2.20. The van der Waals surface area contributed by atoms with Crippen LogP contribution in [0.3, 0.4) is 0 Å². The maximum absolute atomic E-state index is 11.9. The third-order valence-corrected chi connectivity index (χ3v) is 3.07. The van der Waals surface area contributed by atoms with E-state index in [1.807, 2.05) is 11.8 Å². The molecule has 0 aromatic carbocycles. The zero-order chi connectivity index (χ0) is 11.7. The molecule has 1 aromatic heterocycles. The van der Waals surface area contributed by atoms with Gasteiger partial charge in [0.15, 0.2) is 0 Å². The first-order chi connectivity index (χ1) is 7.58. The second kappa shape index (κ2) is 4.28. The highest BCUT2D eigenvalue weighted by atomic mass is 16.2. The molecule has 88 valence electrons. The number of aryl methyl sites for hydroxylation is 1. The topological polar surface area (TPSA) is 49.0 Å². The molecule has 1 aliphatic rings. The summed E-state index contributed by atoms with van der Waals surface area (Å²) in [5, 5.41) is 7.24. The summed E-state index contributed by atoms with van der Waals surface area (Å²) < 4.78 is 0. The molecule has 1 amide bonds. The molecule has 0 spiro atoms. The van der Waals surface area contributed by atoms with E-state index in [0.29, 0.717) is 18.9 Å². The highest BCUT2D eigenvalue weighted by Gasteiger charge is 2.23. The van der Waals surface area contributed by atoms with Gasteiger partial charge in [-0.15, -0.1) is 0 Å². The summed E-state index contributed by atoms with van der Waals surface area (Å²) >= 11 is 0. The highest BCUT2D eigenvalue weighted by molar-refractivity contribution is 5.76. The third-order valence-electron chi connectivity index (χ3n) is 3.07. The number of hydrogen-bond donors (Lipinski definition) is 1. The first-order valence-corrected chi connectivity index (χ1v) is 5.88. The van der Waals surface area contributed by atoms with Crippen molar-refractivity contribution < 1.29 is 4.79 Å². The van der Waals surface area contributed by atoms with Crippen molar-refractivity contribution in [3.63, 3.8) is 0 Å². The normalized spacial score (nSPS) is 15.4. The molecule has 1 aliphatic heterocycles. The quantitative estimate of drug-likeness (QED) is 0.825. The van der Waals surface area contributed by atoms with Crippen molar-refractivity contribution in [2.45, 2.75) is 40.2 Å². The van der Waals surface area contributed by atoms with E-state index in [9.17, 15) is 4.79 Å². The molecule has 2 heterocycles. The molecule has 0 fully saturated rings. The van der Waals surface area contributed by atoms with E-state index < -0.39 is 0 Å². The van der Waals surface area contributed by atoms with Gasteiger partial charge in [0.05, 0.1) is 12.2 Å². The number of aromatic amines is 1. The van der Waals surface area contributed by atoms with Crippen LogP contribution in [0.2, 0.25) is 0 Å². The summed E-state index contributed by atoms with van der Waals surface area (Å²) in [6.45, 7) is 7.69. The molecule has 0 radical (unpaired) electrons. The van der Waals surface area contributed by atoms with Crippen LogP contribution in [0.25, 0.3) is 0 Å². The van der Waals surface area contributed by atoms with Gasteiger partial charge in [0.2, 0.25) is 5.91 Å². The van der Waals surface area contributed by atoms with Crippen molar-refractivity contribution in [1.82, 2.24) is 15.1 Å². The second-order valence-corrected chi connectivity index (χ2v) is 4.94. The number of nitrogens with one attached hydrogen (secondary N) is 1. The molecule has 0 saturated carbocycles. The van der Waals surface area contributed by atoms with Gasteiger partial charge < -0.3 is 4.90 Å². The molecule has 0 bridgehead atoms. The van der Waals surface area contributed by atoms with Crippen LogP contribution >= 0.6 is 0 Å². The first kappa shape index (κ1) is 11.2. The fraction of sp³-hybridized carbons (Fsp3) is 0.667. The number of amides is 1. The number of aromatic nitrogens is 2. The molecule has 4 heteroatoms. The Morgan fingerprint density at radius 2 is 2.31 bits per heavy atom. The lowest BCUT2D eigenvalue weighted by Crippen LogP contribution is -2.36. The van der Waals surface area contributed by atoms with Gasteiger partial charge in [-0.25, -0.2) is 0 Å². The summed E-state index contributed by atoms with van der Waals surface area (Å²) in [7, 11) is 0. The van der Waals surface area contributed by atoms with Gasteiger partial charge >= 0.3 is 0 Å². The molecule has 16 heavy (non-hydrogen) atoms. The van der Waals surface area contributed by atoms with Crippen molar-refractivity contribution >= 4 is 5.91 Å². The van der Waals surface area contributed by atoms with Crippen LogP contribution < -0.4 is 0 Å². The lowest BCUT2D eigenvalue weighted by molar-refractivity contribution is -0.132. The number of rotatable bonds is 2. The standard InChI is InChI=1S/C12H19N3O/c1-8(2)6-12(16)15-5-4-10-9(3)13-14-11(10)7-15/h8H,4-7H2,1-3H3,(H,13,14). The fourth-order valence-electron chi connectivity index (χ4n) is 2.16. The molecule has 0 unspecified atom stereocenters. The number of carbonyl (C=O) groups excluding carboxylic acids is 1. The summed E-state index contributed by atoms with van der Waals surface area (Å²) in [4.78, 5) is 13.8. The van der Waals surface area contributed by atoms with E-state index in [4.69, 9.17) is 0 Å². The van der Waals surface area contributed by atoms with Crippen molar-refractivity contribution in [1.29, 1.82) is 0 Å². The third kappa shape index (κ3) is 2.10. The van der Waals surface area contributed by atoms with Gasteiger partial charge in [-0.1, -0.05) is 13.8 Å². The number of carbonyl (C=O) groups is 1. The van der Waals surface area contributed by atoms with Gasteiger partial charge in [-0.3, -0.25) is 9.89 Å². The molecular weight excluding hydrogens is 202 g/mol. The van der Waals surface area contributed by atoms with Gasteiger partial charge in [0.25, 0.3) is 0 Å². The van der Waals surface area contributed by atoms with Gasteiger partial charge in [0.1, 0.15) is 0 Å². The Labute approximate surface area is 96.0 Å². The van der Waals surface area contributed by atoms with Crippen LogP contribution in [-0.2, 0) is 17.8 Å². The number of nitrogens with zero attached hydrogens (tertiary/aromatic N) is 2. The average Bonchev–Trinajstić information content (AvgIpc) is 2.59. The van der Waals surface area contributed by atoms with Crippen LogP contribution in [0, 0.1) is 12.8 Å². The SMILES string of the molecule is Cc1[nH]nc2c1CCN(C(=O)CC(C)C)C2. The predicted molar refractivity (Wildman–Crippen MR) is 61.9 cm³/mol. The Bertz CT molecular complexity index is 395. The summed E-state index contributed by atoms with van der Waals surface area (Å²) in [6, 6.07) is 0. The largest absolute Gasteiger partial charge is 0.336 e. The molecule has 0 saturated heterocycles. The average molecular weight is 221 g/mol. The van der Waals surface area contributed by atoms with Gasteiger partial charge in [-0.2, -0.15) is 5.10 Å². The lowest BCUT2D eigenvalue weighted by Gasteiger charge is -2.27. The van der Waals surface area contributed by atoms with E-state index in [1.165, 1.54) is 5.56 Å². The minimum absolute atomic E-state index is 0.251. The monoisotopic (exact) mass is 221 g/mol. The first-order valence-electron chi connectivity index (χ1n) is 5.88. The van der Waals surface area contributed by atoms with E-state index >= 15 is 0 Å². The van der Waals surface area contributed by atoms with E-state index in [0.717, 1.165) is 24.4 Å². The summed E-state index contributed by atoms with van der Waals surface area (Å²) in [5.41, 5.74) is 3.49. The molecule has 1 aromatic rings. The van der Waals surface area contributed by atoms with Crippen LogP contribution in [0.15, 0.2) is 0 Å². The predicted octanol–water partition coefficient (Wildman–Crippen LogP) is 1.65. The van der Waals surface area contributed by atoms with Crippen LogP contribution in [-0.4, -0.2) is 27.5 Å². The minimum atomic E-state index is 0.251. The van der Waals surface area contributed by atoms with E-state index in [-0.39, 0.29) is 5.91 Å². The summed E-state index contributed by atoms with van der Waals surface area (Å²) in [5.74, 6) is 0.677. The number of H-pyrrole nitrogens is 1. The van der Waals surface area contributed by atoms with Crippen molar-refractivity contribution in [2.75, 3.05) is 6.54 Å². The number of fused-ring (bicyclic) bond motifs is 1. The molecule has 0 aliphatic carbocycles. The van der Waals surface area contributed by atoms with Gasteiger partial charge in [-0.05, 0) is 24.8 Å².